The van der Waals surface area contributed by atoms with Crippen LogP contribution in [0.3, 0.4) is 0 Å². The van der Waals surface area contributed by atoms with Crippen LogP contribution in [0, 0.1) is 11.3 Å². The molecule has 9 heteroatoms. The van der Waals surface area contributed by atoms with E-state index in [-0.39, 0.29) is 16.4 Å². The van der Waals surface area contributed by atoms with Crippen molar-refractivity contribution in [3.05, 3.63) is 34.6 Å². The van der Waals surface area contributed by atoms with Gasteiger partial charge in [0, 0.05) is 12.7 Å². The topological polar surface area (TPSA) is 66.5 Å². The van der Waals surface area contributed by atoms with Crippen molar-refractivity contribution in [1.29, 1.82) is 5.26 Å². The van der Waals surface area contributed by atoms with Crippen molar-refractivity contribution >= 4 is 17.4 Å². The van der Waals surface area contributed by atoms with Gasteiger partial charge in [-0.2, -0.15) is 28.2 Å². The molecule has 0 spiro atoms. The average Bonchev–Trinajstić information content (AvgIpc) is 2.81. The van der Waals surface area contributed by atoms with Crippen molar-refractivity contribution in [1.82, 2.24) is 14.8 Å². The normalized spacial score (nSPS) is 11.2. The lowest BCUT2D eigenvalue weighted by Crippen LogP contribution is -2.11. The maximum absolute atomic E-state index is 12.6. The number of aromatic nitrogens is 3. The molecule has 2 aromatic rings. The molecule has 0 aliphatic carbocycles. The van der Waals surface area contributed by atoms with Crippen LogP contribution in [-0.4, -0.2) is 21.3 Å². The van der Waals surface area contributed by atoms with E-state index in [9.17, 15) is 13.2 Å². The molecule has 0 aliphatic rings. The van der Waals surface area contributed by atoms with E-state index in [1.807, 2.05) is 6.07 Å². The first-order valence-corrected chi connectivity index (χ1v) is 6.21. The third kappa shape index (κ3) is 2.92. The first-order chi connectivity index (χ1) is 9.88. The highest BCUT2D eigenvalue weighted by Gasteiger charge is 2.32. The SMILES string of the molecule is CCNc1c(C#N)cnn1-c1ncc(C(F)(F)F)cc1Cl. The summed E-state index contributed by atoms with van der Waals surface area (Å²) >= 11 is 5.86. The minimum absolute atomic E-state index is 0.0158. The predicted octanol–water partition coefficient (Wildman–Crippen LogP) is 3.24. The van der Waals surface area contributed by atoms with Crippen LogP contribution in [0.5, 0.6) is 0 Å². The summed E-state index contributed by atoms with van der Waals surface area (Å²) in [5, 5.41) is 15.6. The van der Waals surface area contributed by atoms with E-state index in [0.29, 0.717) is 18.6 Å². The zero-order valence-corrected chi connectivity index (χ0v) is 11.5. The number of alkyl halides is 3. The molecule has 0 aliphatic heterocycles. The fourth-order valence-electron chi connectivity index (χ4n) is 1.67. The number of nitrogens with zero attached hydrogens (tertiary/aromatic N) is 4. The second-order valence-corrected chi connectivity index (χ2v) is 4.40. The number of nitrogens with one attached hydrogen (secondary N) is 1. The van der Waals surface area contributed by atoms with Gasteiger partial charge >= 0.3 is 6.18 Å². The van der Waals surface area contributed by atoms with Crippen molar-refractivity contribution in [2.75, 3.05) is 11.9 Å². The first kappa shape index (κ1) is 15.1. The second-order valence-electron chi connectivity index (χ2n) is 3.99. The Morgan fingerprint density at radius 2 is 2.14 bits per heavy atom. The van der Waals surface area contributed by atoms with Gasteiger partial charge in [-0.15, -0.1) is 0 Å². The first-order valence-electron chi connectivity index (χ1n) is 5.83. The summed E-state index contributed by atoms with van der Waals surface area (Å²) in [5.41, 5.74) is -0.705. The van der Waals surface area contributed by atoms with Crippen molar-refractivity contribution in [3.63, 3.8) is 0 Å². The molecule has 0 unspecified atom stereocenters. The second kappa shape index (κ2) is 5.61. The van der Waals surface area contributed by atoms with Gasteiger partial charge in [0.25, 0.3) is 0 Å². The maximum atomic E-state index is 12.6. The van der Waals surface area contributed by atoms with Crippen LogP contribution in [0.4, 0.5) is 19.0 Å². The molecule has 2 aromatic heterocycles. The van der Waals surface area contributed by atoms with Gasteiger partial charge in [0.05, 0.1) is 16.8 Å². The zero-order valence-electron chi connectivity index (χ0n) is 10.7. The molecule has 2 heterocycles. The lowest BCUT2D eigenvalue weighted by molar-refractivity contribution is -0.137. The van der Waals surface area contributed by atoms with Crippen molar-refractivity contribution in [3.8, 4) is 11.9 Å². The van der Waals surface area contributed by atoms with Crippen molar-refractivity contribution in [2.45, 2.75) is 13.1 Å². The van der Waals surface area contributed by atoms with Gasteiger partial charge in [0.15, 0.2) is 5.82 Å². The van der Waals surface area contributed by atoms with E-state index in [0.717, 1.165) is 6.07 Å². The van der Waals surface area contributed by atoms with E-state index in [1.54, 1.807) is 6.92 Å². The van der Waals surface area contributed by atoms with Crippen LogP contribution >= 0.6 is 11.6 Å². The van der Waals surface area contributed by atoms with Gasteiger partial charge in [0.1, 0.15) is 17.5 Å². The minimum Gasteiger partial charge on any atom is -0.369 e. The van der Waals surface area contributed by atoms with Gasteiger partial charge < -0.3 is 5.32 Å². The summed E-state index contributed by atoms with van der Waals surface area (Å²) in [4.78, 5) is 3.70. The highest BCUT2D eigenvalue weighted by molar-refractivity contribution is 6.32. The van der Waals surface area contributed by atoms with E-state index >= 15 is 0 Å². The van der Waals surface area contributed by atoms with Crippen LogP contribution in [0.15, 0.2) is 18.5 Å². The minimum atomic E-state index is -4.53. The van der Waals surface area contributed by atoms with Crippen molar-refractivity contribution in [2.24, 2.45) is 0 Å². The molecule has 0 amide bonds. The Kier molecular flexibility index (Phi) is 4.04. The highest BCUT2D eigenvalue weighted by atomic mass is 35.5. The molecule has 0 bridgehead atoms. The van der Waals surface area contributed by atoms with Gasteiger partial charge in [-0.3, -0.25) is 0 Å². The molecule has 0 fully saturated rings. The Morgan fingerprint density at radius 3 is 2.67 bits per heavy atom. The summed E-state index contributed by atoms with van der Waals surface area (Å²) < 4.78 is 39.0. The zero-order chi connectivity index (χ0) is 15.6. The van der Waals surface area contributed by atoms with Crippen LogP contribution in [0.25, 0.3) is 5.82 Å². The number of anilines is 1. The van der Waals surface area contributed by atoms with Gasteiger partial charge in [-0.25, -0.2) is 4.98 Å². The van der Waals surface area contributed by atoms with Gasteiger partial charge in [-0.1, -0.05) is 11.6 Å². The molecule has 0 saturated carbocycles. The highest BCUT2D eigenvalue weighted by Crippen LogP contribution is 2.32. The summed E-state index contributed by atoms with van der Waals surface area (Å²) in [5.74, 6) is 0.344. The summed E-state index contributed by atoms with van der Waals surface area (Å²) in [6.07, 6.45) is -2.57. The molecule has 0 radical (unpaired) electrons. The van der Waals surface area contributed by atoms with Gasteiger partial charge in [-0.05, 0) is 13.0 Å². The van der Waals surface area contributed by atoms with E-state index in [2.05, 4.69) is 15.4 Å². The lowest BCUT2D eigenvalue weighted by atomic mass is 10.3. The maximum Gasteiger partial charge on any atom is 0.417 e. The molecule has 0 saturated heterocycles. The van der Waals surface area contributed by atoms with Crippen LogP contribution in [0.1, 0.15) is 18.1 Å². The van der Waals surface area contributed by atoms with Crippen molar-refractivity contribution < 1.29 is 13.2 Å². The molecule has 5 nitrogen and oxygen atoms in total. The molecular weight excluding hydrogens is 307 g/mol. The smallest absolute Gasteiger partial charge is 0.369 e. The van der Waals surface area contributed by atoms with Crippen LogP contribution < -0.4 is 5.32 Å². The number of rotatable bonds is 3. The van der Waals surface area contributed by atoms with E-state index < -0.39 is 11.7 Å². The van der Waals surface area contributed by atoms with Gasteiger partial charge in [0.2, 0.25) is 0 Å². The Balaban J connectivity index is 2.53. The standard InChI is InChI=1S/C12H9ClF3N5/c1-2-18-10-7(4-17)5-20-21(10)11-9(13)3-8(6-19-11)12(14,15)16/h3,5-6,18H,2H2,1H3. The molecule has 21 heavy (non-hydrogen) atoms. The number of hydrogen-bond acceptors (Lipinski definition) is 4. The fraction of sp³-hybridized carbons (Fsp3) is 0.250. The number of pyridine rings is 1. The Morgan fingerprint density at radius 1 is 1.43 bits per heavy atom. The Hall–Kier alpha value is -2.27. The molecule has 2 rings (SSSR count). The quantitative estimate of drug-likeness (QED) is 0.944. The van der Waals surface area contributed by atoms with Crippen LogP contribution in [0.2, 0.25) is 5.02 Å². The van der Waals surface area contributed by atoms with E-state index in [1.165, 1.54) is 10.9 Å². The monoisotopic (exact) mass is 315 g/mol. The Bertz CT molecular complexity index is 702. The lowest BCUT2D eigenvalue weighted by Gasteiger charge is -2.11. The average molecular weight is 316 g/mol. The van der Waals surface area contributed by atoms with Crippen LogP contribution in [-0.2, 0) is 6.18 Å². The molecule has 110 valence electrons. The largest absolute Gasteiger partial charge is 0.417 e. The van der Waals surface area contributed by atoms with E-state index in [4.69, 9.17) is 16.9 Å². The third-order valence-corrected chi connectivity index (χ3v) is 2.86. The number of nitriles is 1. The molecule has 0 atom stereocenters. The summed E-state index contributed by atoms with van der Waals surface area (Å²) in [6.45, 7) is 2.30. The molecular formula is C12H9ClF3N5. The molecule has 1 N–H and O–H groups in total. The predicted molar refractivity (Wildman–Crippen MR) is 70.2 cm³/mol. The fourth-order valence-corrected chi connectivity index (χ4v) is 1.92. The number of hydrogen-bond donors (Lipinski definition) is 1. The third-order valence-electron chi connectivity index (χ3n) is 2.58. The summed E-state index contributed by atoms with van der Waals surface area (Å²) in [7, 11) is 0. The Labute approximate surface area is 123 Å². The number of halogens is 4. The summed E-state index contributed by atoms with van der Waals surface area (Å²) in [6, 6.07) is 2.70. The molecule has 0 aromatic carbocycles.